The molecule has 0 aliphatic heterocycles. The van der Waals surface area contributed by atoms with Gasteiger partial charge in [-0.1, -0.05) is 5.57 Å². The Morgan fingerprint density at radius 2 is 2.31 bits per heavy atom. The van der Waals surface area contributed by atoms with Gasteiger partial charge in [-0.05, 0) is 45.4 Å². The molecule has 0 radical (unpaired) electrons. The highest BCUT2D eigenvalue weighted by molar-refractivity contribution is 7.99. The van der Waals surface area contributed by atoms with Crippen molar-refractivity contribution >= 4 is 11.8 Å². The van der Waals surface area contributed by atoms with Crippen molar-refractivity contribution in [2.75, 3.05) is 12.8 Å². The first-order chi connectivity index (χ1) is 6.22. The van der Waals surface area contributed by atoms with Crippen LogP contribution >= 0.6 is 11.8 Å². The predicted octanol–water partition coefficient (Wildman–Crippen LogP) is 2.83. The van der Waals surface area contributed by atoms with Crippen LogP contribution < -0.4 is 5.32 Å². The van der Waals surface area contributed by atoms with Crippen LogP contribution in [0.2, 0.25) is 0 Å². The van der Waals surface area contributed by atoms with Gasteiger partial charge >= 0.3 is 0 Å². The molecule has 0 saturated heterocycles. The van der Waals surface area contributed by atoms with Crippen LogP contribution in [-0.2, 0) is 0 Å². The smallest absolute Gasteiger partial charge is 0.00781 e. The second-order valence-corrected chi connectivity index (χ2v) is 5.17. The van der Waals surface area contributed by atoms with Crippen molar-refractivity contribution in [3.05, 3.63) is 12.2 Å². The second-order valence-electron chi connectivity index (χ2n) is 4.03. The summed E-state index contributed by atoms with van der Waals surface area (Å²) in [7, 11) is 0. The third-order valence-electron chi connectivity index (χ3n) is 2.70. The molecule has 0 amide bonds. The molecule has 1 rings (SSSR count). The van der Waals surface area contributed by atoms with E-state index < -0.39 is 0 Å². The largest absolute Gasteiger partial charge is 0.314 e. The van der Waals surface area contributed by atoms with Gasteiger partial charge < -0.3 is 5.32 Å². The normalized spacial score (nSPS) is 27.8. The first kappa shape index (κ1) is 11.1. The van der Waals surface area contributed by atoms with Crippen LogP contribution in [0, 0.1) is 0 Å². The summed E-state index contributed by atoms with van der Waals surface area (Å²) in [5, 5.41) is 4.51. The summed E-state index contributed by atoms with van der Waals surface area (Å²) >= 11 is 2.02. The van der Waals surface area contributed by atoms with Crippen LogP contribution in [0.15, 0.2) is 12.2 Å². The molecule has 0 heterocycles. The van der Waals surface area contributed by atoms with Crippen molar-refractivity contribution in [2.45, 2.75) is 43.9 Å². The van der Waals surface area contributed by atoms with Gasteiger partial charge in [0.2, 0.25) is 0 Å². The molecule has 1 fully saturated rings. The maximum absolute atomic E-state index is 3.91. The van der Waals surface area contributed by atoms with Crippen molar-refractivity contribution in [3.8, 4) is 0 Å². The van der Waals surface area contributed by atoms with Crippen molar-refractivity contribution in [1.82, 2.24) is 5.32 Å². The summed E-state index contributed by atoms with van der Waals surface area (Å²) in [6.45, 7) is 7.12. The number of thioether (sulfide) groups is 1. The van der Waals surface area contributed by atoms with Crippen molar-refractivity contribution in [1.29, 1.82) is 0 Å². The zero-order valence-corrected chi connectivity index (χ0v) is 9.62. The quantitative estimate of drug-likeness (QED) is 0.683. The summed E-state index contributed by atoms with van der Waals surface area (Å²) in [6.07, 6.45) is 7.46. The van der Waals surface area contributed by atoms with E-state index in [1.807, 2.05) is 11.8 Å². The Hall–Kier alpha value is 0.0500. The lowest BCUT2D eigenvalue weighted by atomic mass is 10.2. The molecule has 13 heavy (non-hydrogen) atoms. The molecule has 76 valence electrons. The topological polar surface area (TPSA) is 12.0 Å². The highest BCUT2D eigenvalue weighted by Gasteiger charge is 2.22. The fourth-order valence-electron chi connectivity index (χ4n) is 1.83. The lowest BCUT2D eigenvalue weighted by Gasteiger charge is -2.12. The molecule has 1 aliphatic carbocycles. The van der Waals surface area contributed by atoms with Crippen LogP contribution in [0.4, 0.5) is 0 Å². The summed E-state index contributed by atoms with van der Waals surface area (Å²) in [4.78, 5) is 0. The fraction of sp³-hybridized carbons (Fsp3) is 0.818. The van der Waals surface area contributed by atoms with Crippen LogP contribution in [0.1, 0.15) is 32.6 Å². The minimum Gasteiger partial charge on any atom is -0.314 e. The van der Waals surface area contributed by atoms with E-state index in [9.17, 15) is 0 Å². The number of hydrogen-bond donors (Lipinski definition) is 1. The van der Waals surface area contributed by atoms with E-state index in [1.54, 1.807) is 0 Å². The molecule has 0 bridgehead atoms. The lowest BCUT2D eigenvalue weighted by Crippen LogP contribution is -2.27. The van der Waals surface area contributed by atoms with E-state index in [4.69, 9.17) is 0 Å². The summed E-state index contributed by atoms with van der Waals surface area (Å²) in [6, 6.07) is 0.775. The van der Waals surface area contributed by atoms with Gasteiger partial charge in [0.1, 0.15) is 0 Å². The predicted molar refractivity (Wildman–Crippen MR) is 62.4 cm³/mol. The van der Waals surface area contributed by atoms with Gasteiger partial charge in [0, 0.05) is 11.3 Å². The Morgan fingerprint density at radius 1 is 1.54 bits per heavy atom. The first-order valence-electron chi connectivity index (χ1n) is 5.13. The molecule has 0 aromatic rings. The van der Waals surface area contributed by atoms with Gasteiger partial charge in [0.25, 0.3) is 0 Å². The molecule has 2 heteroatoms. The Bertz CT molecular complexity index is 167. The van der Waals surface area contributed by atoms with Crippen LogP contribution in [-0.4, -0.2) is 24.1 Å². The third-order valence-corrected chi connectivity index (χ3v) is 3.80. The van der Waals surface area contributed by atoms with E-state index in [2.05, 4.69) is 25.1 Å². The third kappa shape index (κ3) is 4.19. The Morgan fingerprint density at radius 3 is 2.85 bits per heavy atom. The van der Waals surface area contributed by atoms with E-state index in [1.165, 1.54) is 24.8 Å². The van der Waals surface area contributed by atoms with Crippen molar-refractivity contribution < 1.29 is 0 Å². The molecule has 0 aromatic heterocycles. The van der Waals surface area contributed by atoms with Gasteiger partial charge in [-0.15, -0.1) is 6.58 Å². The second kappa shape index (κ2) is 5.71. The van der Waals surface area contributed by atoms with E-state index in [0.29, 0.717) is 0 Å². The first-order valence-corrected chi connectivity index (χ1v) is 6.41. The van der Waals surface area contributed by atoms with Crippen molar-refractivity contribution in [3.63, 3.8) is 0 Å². The van der Waals surface area contributed by atoms with Gasteiger partial charge in [-0.3, -0.25) is 0 Å². The highest BCUT2D eigenvalue weighted by atomic mass is 32.2. The zero-order chi connectivity index (χ0) is 9.68. The number of rotatable bonds is 5. The van der Waals surface area contributed by atoms with Gasteiger partial charge in [-0.2, -0.15) is 11.8 Å². The lowest BCUT2D eigenvalue weighted by molar-refractivity contribution is 0.528. The van der Waals surface area contributed by atoms with Crippen molar-refractivity contribution in [2.24, 2.45) is 0 Å². The molecular weight excluding hydrogens is 178 g/mol. The minimum absolute atomic E-state index is 0.775. The Balaban J connectivity index is 2.07. The molecule has 0 spiro atoms. The molecule has 1 N–H and O–H groups in total. The average Bonchev–Trinajstić information content (AvgIpc) is 2.52. The average molecular weight is 199 g/mol. The van der Waals surface area contributed by atoms with Gasteiger partial charge in [0.05, 0.1) is 0 Å². The molecular formula is C11H21NS. The van der Waals surface area contributed by atoms with Gasteiger partial charge in [-0.25, -0.2) is 0 Å². The van der Waals surface area contributed by atoms with Crippen LogP contribution in [0.5, 0.6) is 0 Å². The summed E-state index contributed by atoms with van der Waals surface area (Å²) in [5.74, 6) is 0. The molecule has 1 aliphatic rings. The molecule has 1 nitrogen and oxygen atoms in total. The zero-order valence-electron chi connectivity index (χ0n) is 8.81. The SMILES string of the molecule is C=C(C)CCNC1CCC(SC)C1. The fourth-order valence-corrected chi connectivity index (χ4v) is 2.63. The Kier molecular flexibility index (Phi) is 4.89. The maximum atomic E-state index is 3.91. The maximum Gasteiger partial charge on any atom is 0.00781 e. The molecule has 2 unspecified atom stereocenters. The summed E-state index contributed by atoms with van der Waals surface area (Å²) in [5.41, 5.74) is 1.28. The molecule has 0 aromatic carbocycles. The van der Waals surface area contributed by atoms with Gasteiger partial charge in [0.15, 0.2) is 0 Å². The Labute approximate surface area is 86.4 Å². The molecule has 2 atom stereocenters. The monoisotopic (exact) mass is 199 g/mol. The van der Waals surface area contributed by atoms with E-state index >= 15 is 0 Å². The number of hydrogen-bond acceptors (Lipinski definition) is 2. The van der Waals surface area contributed by atoms with E-state index in [0.717, 1.165) is 24.3 Å². The van der Waals surface area contributed by atoms with E-state index in [-0.39, 0.29) is 0 Å². The molecule has 1 saturated carbocycles. The number of nitrogens with one attached hydrogen (secondary N) is 1. The van der Waals surface area contributed by atoms with Crippen LogP contribution in [0.25, 0.3) is 0 Å². The highest BCUT2D eigenvalue weighted by Crippen LogP contribution is 2.27. The van der Waals surface area contributed by atoms with Crippen LogP contribution in [0.3, 0.4) is 0 Å². The summed E-state index contributed by atoms with van der Waals surface area (Å²) < 4.78 is 0. The minimum atomic E-state index is 0.775. The standard InChI is InChI=1S/C11H21NS/c1-9(2)6-7-12-10-4-5-11(8-10)13-3/h10-12H,1,4-8H2,2-3H3.